The summed E-state index contributed by atoms with van der Waals surface area (Å²) < 4.78 is 4.92. The van der Waals surface area contributed by atoms with Crippen molar-refractivity contribution in [1.29, 1.82) is 0 Å². The van der Waals surface area contributed by atoms with Crippen molar-refractivity contribution in [3.05, 3.63) is 52.9 Å². The van der Waals surface area contributed by atoms with Gasteiger partial charge in [0.15, 0.2) is 0 Å². The fourth-order valence-electron chi connectivity index (χ4n) is 2.97. The smallest absolute Gasteiger partial charge is 0.338 e. The zero-order valence-electron chi connectivity index (χ0n) is 14.3. The van der Waals surface area contributed by atoms with Crippen molar-refractivity contribution in [3.63, 3.8) is 0 Å². The molecule has 1 aromatic heterocycles. The van der Waals surface area contributed by atoms with Gasteiger partial charge in [-0.15, -0.1) is 0 Å². The highest BCUT2D eigenvalue weighted by Gasteiger charge is 2.29. The number of ether oxygens (including phenoxy) is 1. The number of nitrogens with one attached hydrogen (secondary N) is 1. The van der Waals surface area contributed by atoms with E-state index in [9.17, 15) is 4.79 Å². The van der Waals surface area contributed by atoms with Crippen molar-refractivity contribution in [2.45, 2.75) is 32.6 Å². The molecule has 2 aromatic rings. The molecule has 0 amide bonds. The molecule has 4 nitrogen and oxygen atoms in total. The minimum absolute atomic E-state index is 0.319. The van der Waals surface area contributed by atoms with Crippen LogP contribution in [0.25, 0.3) is 23.5 Å². The fourth-order valence-corrected chi connectivity index (χ4v) is 2.97. The Morgan fingerprint density at radius 1 is 1.42 bits per heavy atom. The molecule has 0 saturated heterocycles. The maximum absolute atomic E-state index is 12.1. The van der Waals surface area contributed by atoms with E-state index in [1.807, 2.05) is 32.1 Å². The number of H-pyrrole nitrogens is 1. The zero-order chi connectivity index (χ0) is 17.3. The summed E-state index contributed by atoms with van der Waals surface area (Å²) in [7, 11) is 1.41. The molecule has 1 saturated carbocycles. The van der Waals surface area contributed by atoms with E-state index in [4.69, 9.17) is 9.72 Å². The van der Waals surface area contributed by atoms with Gasteiger partial charge in [0, 0.05) is 5.56 Å². The number of rotatable bonds is 5. The van der Waals surface area contributed by atoms with Crippen molar-refractivity contribution in [1.82, 2.24) is 9.97 Å². The molecule has 0 atom stereocenters. The summed E-state index contributed by atoms with van der Waals surface area (Å²) in [5.41, 5.74) is 5.48. The number of aromatic amines is 1. The quantitative estimate of drug-likeness (QED) is 0.810. The molecule has 0 aliphatic heterocycles. The molecule has 0 radical (unpaired) electrons. The molecule has 1 aliphatic carbocycles. The second-order valence-corrected chi connectivity index (χ2v) is 6.11. The van der Waals surface area contributed by atoms with Gasteiger partial charge in [-0.1, -0.05) is 18.7 Å². The van der Waals surface area contributed by atoms with Crippen LogP contribution in [0.2, 0.25) is 0 Å². The maximum atomic E-state index is 12.1. The number of aromatic nitrogens is 2. The van der Waals surface area contributed by atoms with E-state index >= 15 is 0 Å². The third kappa shape index (κ3) is 2.92. The van der Waals surface area contributed by atoms with E-state index in [2.05, 4.69) is 17.6 Å². The molecule has 0 bridgehead atoms. The zero-order valence-corrected chi connectivity index (χ0v) is 14.3. The van der Waals surface area contributed by atoms with Gasteiger partial charge in [0.1, 0.15) is 5.82 Å². The van der Waals surface area contributed by atoms with Gasteiger partial charge in [-0.3, -0.25) is 0 Å². The van der Waals surface area contributed by atoms with E-state index in [1.165, 1.54) is 25.5 Å². The van der Waals surface area contributed by atoms with Gasteiger partial charge in [0.25, 0.3) is 0 Å². The topological polar surface area (TPSA) is 55.0 Å². The molecule has 1 N–H and O–H groups in total. The molecule has 1 aromatic carbocycles. The van der Waals surface area contributed by atoms with E-state index in [0.29, 0.717) is 11.5 Å². The van der Waals surface area contributed by atoms with E-state index in [1.54, 1.807) is 6.08 Å². The number of nitrogens with zero attached hydrogens (tertiary/aromatic N) is 1. The van der Waals surface area contributed by atoms with E-state index < -0.39 is 0 Å². The Hall–Kier alpha value is -2.62. The van der Waals surface area contributed by atoms with Gasteiger partial charge in [0.05, 0.1) is 24.1 Å². The number of benzene rings is 1. The first kappa shape index (κ1) is 16.2. The predicted molar refractivity (Wildman–Crippen MR) is 96.9 cm³/mol. The summed E-state index contributed by atoms with van der Waals surface area (Å²) >= 11 is 0. The molecule has 4 heteroatoms. The number of imidazole rings is 1. The highest BCUT2D eigenvalue weighted by atomic mass is 16.5. The van der Waals surface area contributed by atoms with Gasteiger partial charge >= 0.3 is 5.97 Å². The van der Waals surface area contributed by atoms with Crippen LogP contribution >= 0.6 is 0 Å². The third-order valence-corrected chi connectivity index (χ3v) is 4.36. The number of esters is 1. The number of aryl methyl sites for hydroxylation is 1. The number of carbonyl (C=O) groups excluding carboxylic acids is 1. The fraction of sp³-hybridized carbons (Fsp3) is 0.300. The number of hydrogen-bond donors (Lipinski definition) is 1. The standard InChI is InChI=1S/C20H22N2O2/c1-5-7-18-17(6-2)21-19(22-18)16-11-14(20(23)24-4)12(3)10-15(16)13-8-9-13/h5-7,10-11,13H,2,8-9H2,1,3-4H3,(H,21,22)/b7-5-. The normalized spacial score (nSPS) is 14.1. The second-order valence-electron chi connectivity index (χ2n) is 6.11. The second kappa shape index (κ2) is 6.48. The highest BCUT2D eigenvalue weighted by Crippen LogP contribution is 2.45. The lowest BCUT2D eigenvalue weighted by molar-refractivity contribution is 0.0600. The van der Waals surface area contributed by atoms with Gasteiger partial charge in [0.2, 0.25) is 0 Å². The summed E-state index contributed by atoms with van der Waals surface area (Å²) in [6.07, 6.45) is 8.02. The van der Waals surface area contributed by atoms with Crippen LogP contribution in [0.1, 0.15) is 58.6 Å². The highest BCUT2D eigenvalue weighted by molar-refractivity contribution is 5.93. The molecule has 1 aliphatic rings. The average Bonchev–Trinajstić information content (AvgIpc) is 3.35. The van der Waals surface area contributed by atoms with Crippen LogP contribution in [0.3, 0.4) is 0 Å². The molecule has 1 fully saturated rings. The van der Waals surface area contributed by atoms with Crippen molar-refractivity contribution in [2.24, 2.45) is 0 Å². The lowest BCUT2D eigenvalue weighted by Gasteiger charge is -2.12. The molecular formula is C20H22N2O2. The Balaban J connectivity index is 2.18. The van der Waals surface area contributed by atoms with Gasteiger partial charge in [-0.25, -0.2) is 9.78 Å². The number of allylic oxidation sites excluding steroid dienone is 1. The Labute approximate surface area is 142 Å². The number of hydrogen-bond acceptors (Lipinski definition) is 3. The Kier molecular flexibility index (Phi) is 4.38. The summed E-state index contributed by atoms with van der Waals surface area (Å²) in [5, 5.41) is 0. The van der Waals surface area contributed by atoms with Crippen molar-refractivity contribution in [2.75, 3.05) is 7.11 Å². The summed E-state index contributed by atoms with van der Waals surface area (Å²) in [6.45, 7) is 7.75. The van der Waals surface area contributed by atoms with E-state index in [-0.39, 0.29) is 5.97 Å². The van der Waals surface area contributed by atoms with Crippen molar-refractivity contribution >= 4 is 18.1 Å². The first-order valence-electron chi connectivity index (χ1n) is 8.17. The SMILES string of the molecule is C=Cc1[nH]c(-c2cc(C(=O)OC)c(C)cc2C2CC2)nc1/C=C\C. The molecule has 1 heterocycles. The van der Waals surface area contributed by atoms with Crippen LogP contribution in [0.15, 0.2) is 24.8 Å². The average molecular weight is 322 g/mol. The van der Waals surface area contributed by atoms with Crippen molar-refractivity contribution < 1.29 is 9.53 Å². The summed E-state index contributed by atoms with van der Waals surface area (Å²) in [4.78, 5) is 20.1. The molecule has 124 valence electrons. The monoisotopic (exact) mass is 322 g/mol. The van der Waals surface area contributed by atoms with Crippen LogP contribution in [0.4, 0.5) is 0 Å². The molecular weight excluding hydrogens is 300 g/mol. The molecule has 0 spiro atoms. The van der Waals surface area contributed by atoms with Gasteiger partial charge < -0.3 is 9.72 Å². The summed E-state index contributed by atoms with van der Waals surface area (Å²) in [5.74, 6) is 0.998. The summed E-state index contributed by atoms with van der Waals surface area (Å²) in [6, 6.07) is 4.00. The number of methoxy groups -OCH3 is 1. The molecule has 24 heavy (non-hydrogen) atoms. The Morgan fingerprint density at radius 3 is 2.75 bits per heavy atom. The Morgan fingerprint density at radius 2 is 2.17 bits per heavy atom. The van der Waals surface area contributed by atoms with Crippen LogP contribution < -0.4 is 0 Å². The largest absolute Gasteiger partial charge is 0.465 e. The van der Waals surface area contributed by atoms with Crippen LogP contribution in [-0.4, -0.2) is 23.0 Å². The third-order valence-electron chi connectivity index (χ3n) is 4.36. The van der Waals surface area contributed by atoms with Crippen LogP contribution in [0, 0.1) is 6.92 Å². The van der Waals surface area contributed by atoms with Crippen molar-refractivity contribution in [3.8, 4) is 11.4 Å². The lowest BCUT2D eigenvalue weighted by atomic mass is 9.95. The maximum Gasteiger partial charge on any atom is 0.338 e. The van der Waals surface area contributed by atoms with Gasteiger partial charge in [-0.2, -0.15) is 0 Å². The van der Waals surface area contributed by atoms with Crippen LogP contribution in [-0.2, 0) is 4.74 Å². The van der Waals surface area contributed by atoms with E-state index in [0.717, 1.165) is 28.3 Å². The Bertz CT molecular complexity index is 826. The predicted octanol–water partition coefficient (Wildman–Crippen LogP) is 4.73. The minimum atomic E-state index is -0.319. The minimum Gasteiger partial charge on any atom is -0.465 e. The lowest BCUT2D eigenvalue weighted by Crippen LogP contribution is -2.06. The first-order chi connectivity index (χ1) is 11.6. The molecule has 0 unspecified atom stereocenters. The first-order valence-corrected chi connectivity index (χ1v) is 8.17. The molecule has 3 rings (SSSR count). The number of carbonyl (C=O) groups is 1. The van der Waals surface area contributed by atoms with Gasteiger partial charge in [-0.05, 0) is 62.0 Å². The van der Waals surface area contributed by atoms with Crippen LogP contribution in [0.5, 0.6) is 0 Å².